The van der Waals surface area contributed by atoms with Gasteiger partial charge in [0, 0.05) is 16.5 Å². The molecule has 10 aromatic rings. The van der Waals surface area contributed by atoms with E-state index in [0.29, 0.717) is 0 Å². The molecule has 2 aliphatic carbocycles. The maximum Gasteiger partial charge on any atom is 0.0541 e. The number of allylic oxidation sites excluding steroid dienone is 2. The van der Waals surface area contributed by atoms with Crippen molar-refractivity contribution in [1.82, 2.24) is 4.57 Å². The van der Waals surface area contributed by atoms with Gasteiger partial charge in [-0.05, 0) is 143 Å². The summed E-state index contributed by atoms with van der Waals surface area (Å²) in [5.41, 5.74) is 16.7. The summed E-state index contributed by atoms with van der Waals surface area (Å²) in [5, 5.41) is 10.1. The van der Waals surface area contributed by atoms with Gasteiger partial charge < -0.3 is 4.57 Å². The lowest BCUT2D eigenvalue weighted by molar-refractivity contribution is 1.18. The van der Waals surface area contributed by atoms with Gasteiger partial charge in [-0.1, -0.05) is 133 Å². The average Bonchev–Trinajstić information content (AvgIpc) is 3.84. The summed E-state index contributed by atoms with van der Waals surface area (Å²) in [6.07, 6.45) is 0. The zero-order chi connectivity index (χ0) is 34.6. The van der Waals surface area contributed by atoms with Gasteiger partial charge in [0.25, 0.3) is 0 Å². The largest absolute Gasteiger partial charge is 0.309 e. The van der Waals surface area contributed by atoms with Crippen LogP contribution in [0.25, 0.3) is 82.1 Å². The van der Waals surface area contributed by atoms with Crippen molar-refractivity contribution in [3.05, 3.63) is 221 Å². The average molecular weight is 670 g/mol. The molecule has 0 saturated heterocycles. The van der Waals surface area contributed by atoms with Crippen LogP contribution in [0.5, 0.6) is 0 Å². The molecule has 0 atom stereocenters. The highest BCUT2D eigenvalue weighted by Crippen LogP contribution is 2.60. The Labute approximate surface area is 307 Å². The highest BCUT2D eigenvalue weighted by molar-refractivity contribution is 6.37. The standard InChI is InChI=1S/C52H31N/c1-2-19-38(20-3-1)53-47-24-11-10-22-40(47)42-31-37(25-26-48(42)53)49-43-27-33-14-4-6-16-35(33)29-45(43)52-50(41-23-12-18-32-13-8-9-21-39(32)41)44-28-34-15-5-7-17-36(34)30-46(44)51(49)52/h1-31H. The summed E-state index contributed by atoms with van der Waals surface area (Å²) in [5.74, 6) is 0. The first-order valence-electron chi connectivity index (χ1n) is 18.4. The number of para-hydroxylation sites is 2. The molecular weight excluding hydrogens is 639 g/mol. The maximum absolute atomic E-state index is 2.46. The normalized spacial score (nSPS) is 13.5. The fourth-order valence-electron chi connectivity index (χ4n) is 9.37. The first kappa shape index (κ1) is 28.7. The Balaban J connectivity index is 1.24. The smallest absolute Gasteiger partial charge is 0.0541 e. The molecule has 53 heavy (non-hydrogen) atoms. The van der Waals surface area contributed by atoms with Crippen LogP contribution in [0, 0.1) is 0 Å². The molecule has 0 fully saturated rings. The maximum atomic E-state index is 2.46. The minimum Gasteiger partial charge on any atom is -0.309 e. The molecule has 1 heterocycles. The first-order chi connectivity index (χ1) is 26.3. The lowest BCUT2D eigenvalue weighted by Gasteiger charge is -2.15. The molecule has 244 valence electrons. The fraction of sp³-hybridized carbons (Fsp3) is 0. The summed E-state index contributed by atoms with van der Waals surface area (Å²) in [7, 11) is 0. The van der Waals surface area contributed by atoms with Gasteiger partial charge in [0.05, 0.1) is 11.0 Å². The van der Waals surface area contributed by atoms with Crippen LogP contribution < -0.4 is 0 Å². The van der Waals surface area contributed by atoms with E-state index in [2.05, 4.69) is 193 Å². The molecule has 1 aromatic heterocycles. The molecule has 0 saturated carbocycles. The molecule has 0 aliphatic heterocycles. The van der Waals surface area contributed by atoms with Gasteiger partial charge in [0.1, 0.15) is 0 Å². The zero-order valence-electron chi connectivity index (χ0n) is 28.8. The zero-order valence-corrected chi connectivity index (χ0v) is 28.8. The highest BCUT2D eigenvalue weighted by Gasteiger charge is 2.38. The van der Waals surface area contributed by atoms with Crippen LogP contribution in [0.4, 0.5) is 0 Å². The van der Waals surface area contributed by atoms with Crippen molar-refractivity contribution in [3.63, 3.8) is 0 Å². The van der Waals surface area contributed by atoms with Crippen molar-refractivity contribution in [2.75, 3.05) is 0 Å². The van der Waals surface area contributed by atoms with Crippen LogP contribution in [0.1, 0.15) is 33.4 Å². The number of nitrogens with zero attached hydrogens (tertiary/aromatic N) is 1. The number of hydrogen-bond acceptors (Lipinski definition) is 0. The molecule has 1 heteroatoms. The molecule has 1 nitrogen and oxygen atoms in total. The molecule has 12 rings (SSSR count). The van der Waals surface area contributed by atoms with Crippen LogP contribution >= 0.6 is 0 Å². The van der Waals surface area contributed by atoms with E-state index in [0.717, 1.165) is 0 Å². The summed E-state index contributed by atoms with van der Waals surface area (Å²) in [4.78, 5) is 0. The number of aromatic nitrogens is 1. The molecule has 0 amide bonds. The summed E-state index contributed by atoms with van der Waals surface area (Å²) in [6, 6.07) is 69.8. The van der Waals surface area contributed by atoms with Crippen molar-refractivity contribution >= 4 is 76.4 Å². The van der Waals surface area contributed by atoms with E-state index < -0.39 is 0 Å². The van der Waals surface area contributed by atoms with E-state index in [9.17, 15) is 0 Å². The molecule has 0 N–H and O–H groups in total. The Morgan fingerprint density at radius 3 is 1.43 bits per heavy atom. The van der Waals surface area contributed by atoms with Crippen LogP contribution in [0.15, 0.2) is 188 Å². The van der Waals surface area contributed by atoms with Gasteiger partial charge in [-0.15, -0.1) is 0 Å². The Bertz CT molecular complexity index is 3260. The molecular formula is C52H31N. The molecule has 9 aromatic carbocycles. The third kappa shape index (κ3) is 4.02. The SMILES string of the molecule is c1ccc(-n2c3ccccc3c3cc(C4=C5C(=C(c6cccc7ccccc67)c6cc7ccccc7cc65)c5cc6ccccc6cc54)ccc32)cc1. The van der Waals surface area contributed by atoms with Crippen molar-refractivity contribution < 1.29 is 0 Å². The van der Waals surface area contributed by atoms with E-state index in [1.54, 1.807) is 0 Å². The van der Waals surface area contributed by atoms with Crippen molar-refractivity contribution in [3.8, 4) is 5.69 Å². The predicted molar refractivity (Wildman–Crippen MR) is 224 cm³/mol. The Hall–Kier alpha value is -6.96. The van der Waals surface area contributed by atoms with E-state index in [1.165, 1.54) is 115 Å². The van der Waals surface area contributed by atoms with Crippen LogP contribution in [-0.2, 0) is 0 Å². The predicted octanol–water partition coefficient (Wildman–Crippen LogP) is 13.5. The monoisotopic (exact) mass is 669 g/mol. The minimum atomic E-state index is 1.17. The third-order valence-electron chi connectivity index (χ3n) is 11.6. The van der Waals surface area contributed by atoms with E-state index in [4.69, 9.17) is 0 Å². The molecule has 2 aliphatic rings. The quantitative estimate of drug-likeness (QED) is 0.176. The highest BCUT2D eigenvalue weighted by atomic mass is 15.0. The van der Waals surface area contributed by atoms with E-state index in [1.807, 2.05) is 0 Å². The number of benzene rings is 9. The summed E-state index contributed by atoms with van der Waals surface area (Å²) >= 11 is 0. The van der Waals surface area contributed by atoms with Crippen molar-refractivity contribution in [1.29, 1.82) is 0 Å². The van der Waals surface area contributed by atoms with E-state index in [-0.39, 0.29) is 0 Å². The summed E-state index contributed by atoms with van der Waals surface area (Å²) < 4.78 is 2.41. The molecule has 0 spiro atoms. The second kappa shape index (κ2) is 10.8. The van der Waals surface area contributed by atoms with E-state index >= 15 is 0 Å². The van der Waals surface area contributed by atoms with Gasteiger partial charge in [0.15, 0.2) is 0 Å². The number of hydrogen-bond donors (Lipinski definition) is 0. The van der Waals surface area contributed by atoms with Gasteiger partial charge in [-0.3, -0.25) is 0 Å². The van der Waals surface area contributed by atoms with Crippen molar-refractivity contribution in [2.24, 2.45) is 0 Å². The van der Waals surface area contributed by atoms with Crippen LogP contribution in [0.2, 0.25) is 0 Å². The third-order valence-corrected chi connectivity index (χ3v) is 11.6. The Kier molecular flexibility index (Phi) is 5.84. The minimum absolute atomic E-state index is 1.17. The topological polar surface area (TPSA) is 4.93 Å². The lowest BCUT2D eigenvalue weighted by Crippen LogP contribution is -1.95. The number of rotatable bonds is 3. The Morgan fingerprint density at radius 2 is 0.755 bits per heavy atom. The van der Waals surface area contributed by atoms with Gasteiger partial charge in [0.2, 0.25) is 0 Å². The van der Waals surface area contributed by atoms with Crippen LogP contribution in [-0.4, -0.2) is 4.57 Å². The second-order valence-corrected chi connectivity index (χ2v) is 14.4. The fourth-order valence-corrected chi connectivity index (χ4v) is 9.37. The Morgan fingerprint density at radius 1 is 0.264 bits per heavy atom. The molecule has 0 unspecified atom stereocenters. The van der Waals surface area contributed by atoms with Gasteiger partial charge in [-0.25, -0.2) is 0 Å². The lowest BCUT2D eigenvalue weighted by atomic mass is 9.88. The number of fused-ring (bicyclic) bond motifs is 11. The first-order valence-corrected chi connectivity index (χ1v) is 18.4. The summed E-state index contributed by atoms with van der Waals surface area (Å²) in [6.45, 7) is 0. The van der Waals surface area contributed by atoms with Gasteiger partial charge >= 0.3 is 0 Å². The molecule has 0 bridgehead atoms. The van der Waals surface area contributed by atoms with Crippen molar-refractivity contribution in [2.45, 2.75) is 0 Å². The molecule has 0 radical (unpaired) electrons. The second-order valence-electron chi connectivity index (χ2n) is 14.4. The van der Waals surface area contributed by atoms with Crippen LogP contribution in [0.3, 0.4) is 0 Å². The van der Waals surface area contributed by atoms with Gasteiger partial charge in [-0.2, -0.15) is 0 Å².